The number of carbonyl (C=O) groups excluding carboxylic acids is 1. The van der Waals surface area contributed by atoms with Gasteiger partial charge in [0.1, 0.15) is 11.0 Å². The summed E-state index contributed by atoms with van der Waals surface area (Å²) in [6.07, 6.45) is 4.09. The number of hydrogen-bond acceptors (Lipinski definition) is 4. The number of carbonyl (C=O) groups is 1. The Hall–Kier alpha value is -1.37. The first-order valence-electron chi connectivity index (χ1n) is 9.90. The van der Waals surface area contributed by atoms with Crippen LogP contribution in [0.2, 0.25) is 0 Å². The molecule has 150 valence electrons. The monoisotopic (exact) mass is 438 g/mol. The summed E-state index contributed by atoms with van der Waals surface area (Å²) in [6.45, 7) is 11.6. The third kappa shape index (κ3) is 3.93. The summed E-state index contributed by atoms with van der Waals surface area (Å²) in [5, 5.41) is 10.6. The molecule has 0 aromatic carbocycles. The number of nitrogens with zero attached hydrogens (tertiary/aromatic N) is 2. The highest BCUT2D eigenvalue weighted by atomic mass is 79.9. The van der Waals surface area contributed by atoms with Crippen LogP contribution in [0.3, 0.4) is 0 Å². The number of hydrogen-bond donors (Lipinski definition) is 2. The number of halogens is 1. The Bertz CT molecular complexity index is 774. The van der Waals surface area contributed by atoms with Crippen molar-refractivity contribution in [2.45, 2.75) is 60.0 Å². The summed E-state index contributed by atoms with van der Waals surface area (Å²) in [4.78, 5) is 24.6. The molecule has 2 N–H and O–H groups in total. The lowest BCUT2D eigenvalue weighted by molar-refractivity contribution is -0.122. The molecule has 3 saturated carbocycles. The molecule has 1 heterocycles. The Balaban J connectivity index is 1.67. The summed E-state index contributed by atoms with van der Waals surface area (Å²) in [5.41, 5.74) is 0.864. The van der Waals surface area contributed by atoms with Crippen LogP contribution in [0.1, 0.15) is 47.5 Å². The molecule has 4 rings (SSSR count). The van der Waals surface area contributed by atoms with E-state index in [0.717, 1.165) is 23.9 Å². The van der Waals surface area contributed by atoms with E-state index >= 15 is 0 Å². The Morgan fingerprint density at radius 1 is 1.41 bits per heavy atom. The van der Waals surface area contributed by atoms with E-state index in [-0.39, 0.29) is 18.0 Å². The van der Waals surface area contributed by atoms with Crippen molar-refractivity contribution in [1.29, 1.82) is 0 Å². The molecule has 0 unspecified atom stereocenters. The summed E-state index contributed by atoms with van der Waals surface area (Å²) >= 11 is 3.41. The first kappa shape index (κ1) is 20.4. The molecule has 4 atom stereocenters. The molecule has 1 aromatic heterocycles. The first-order valence-corrected chi connectivity index (χ1v) is 10.7. The second-order valence-electron chi connectivity index (χ2n) is 9.24. The van der Waals surface area contributed by atoms with Crippen LogP contribution in [0.5, 0.6) is 0 Å². The van der Waals surface area contributed by atoms with E-state index in [9.17, 15) is 9.59 Å². The predicted octanol–water partition coefficient (Wildman–Crippen LogP) is 3.26. The van der Waals surface area contributed by atoms with E-state index in [1.54, 1.807) is 6.20 Å². The summed E-state index contributed by atoms with van der Waals surface area (Å²) in [7, 11) is 0. The minimum absolute atomic E-state index is 0.0669. The van der Waals surface area contributed by atoms with Crippen LogP contribution in [-0.2, 0) is 11.3 Å². The van der Waals surface area contributed by atoms with Gasteiger partial charge in [-0.3, -0.25) is 9.59 Å². The molecule has 3 aliphatic rings. The first-order chi connectivity index (χ1) is 12.6. The van der Waals surface area contributed by atoms with Gasteiger partial charge in [-0.15, -0.1) is 0 Å². The fourth-order valence-electron chi connectivity index (χ4n) is 4.73. The maximum Gasteiger partial charge on any atom is 0.283 e. The topological polar surface area (TPSA) is 76.0 Å². The fourth-order valence-corrected chi connectivity index (χ4v) is 5.15. The van der Waals surface area contributed by atoms with E-state index in [2.05, 4.69) is 52.4 Å². The van der Waals surface area contributed by atoms with Crippen molar-refractivity contribution in [2.75, 3.05) is 11.9 Å². The molecule has 2 bridgehead atoms. The van der Waals surface area contributed by atoms with Gasteiger partial charge in [0, 0.05) is 12.6 Å². The Morgan fingerprint density at radius 2 is 2.11 bits per heavy atom. The molecule has 27 heavy (non-hydrogen) atoms. The predicted molar refractivity (Wildman–Crippen MR) is 111 cm³/mol. The molecule has 0 aliphatic heterocycles. The van der Waals surface area contributed by atoms with E-state index in [1.165, 1.54) is 11.1 Å². The van der Waals surface area contributed by atoms with E-state index < -0.39 is 0 Å². The van der Waals surface area contributed by atoms with Crippen molar-refractivity contribution in [2.24, 2.45) is 29.1 Å². The van der Waals surface area contributed by atoms with Gasteiger partial charge in [0.15, 0.2) is 0 Å². The van der Waals surface area contributed by atoms with Gasteiger partial charge in [-0.2, -0.15) is 5.10 Å². The maximum absolute atomic E-state index is 12.6. The lowest BCUT2D eigenvalue weighted by atomic mass is 9.45. The van der Waals surface area contributed by atoms with Crippen molar-refractivity contribution in [1.82, 2.24) is 15.1 Å². The molecule has 3 aliphatic carbocycles. The minimum Gasteiger partial charge on any atom is -0.380 e. The number of rotatable bonds is 6. The third-order valence-electron chi connectivity index (χ3n) is 6.68. The van der Waals surface area contributed by atoms with Gasteiger partial charge >= 0.3 is 0 Å². The number of nitrogens with one attached hydrogen (secondary N) is 2. The third-order valence-corrected chi connectivity index (χ3v) is 7.45. The van der Waals surface area contributed by atoms with Crippen LogP contribution in [0.25, 0.3) is 0 Å². The summed E-state index contributed by atoms with van der Waals surface area (Å²) in [5.74, 6) is 2.19. The molecule has 1 amide bonds. The molecule has 0 spiro atoms. The Kier molecular flexibility index (Phi) is 5.71. The maximum atomic E-state index is 12.6. The quantitative estimate of drug-likeness (QED) is 0.714. The van der Waals surface area contributed by atoms with Crippen LogP contribution in [0, 0.1) is 29.1 Å². The largest absolute Gasteiger partial charge is 0.380 e. The average Bonchev–Trinajstić information content (AvgIpc) is 2.60. The van der Waals surface area contributed by atoms with Crippen molar-refractivity contribution in [3.8, 4) is 0 Å². The molecule has 3 fully saturated rings. The molecule has 7 heteroatoms. The number of anilines is 1. The smallest absolute Gasteiger partial charge is 0.283 e. The number of fused-ring (bicyclic) bond motifs is 2. The van der Waals surface area contributed by atoms with Gasteiger partial charge in [0.25, 0.3) is 5.56 Å². The Morgan fingerprint density at radius 3 is 2.70 bits per heavy atom. The zero-order chi connectivity index (χ0) is 19.9. The molecule has 0 saturated heterocycles. The van der Waals surface area contributed by atoms with Crippen LogP contribution in [0.15, 0.2) is 15.5 Å². The highest BCUT2D eigenvalue weighted by molar-refractivity contribution is 9.10. The van der Waals surface area contributed by atoms with Gasteiger partial charge in [-0.25, -0.2) is 4.68 Å². The summed E-state index contributed by atoms with van der Waals surface area (Å²) in [6, 6.07) is 0.351. The van der Waals surface area contributed by atoms with Crippen LogP contribution < -0.4 is 16.2 Å². The number of amides is 1. The highest BCUT2D eigenvalue weighted by Crippen LogP contribution is 2.61. The van der Waals surface area contributed by atoms with Gasteiger partial charge in [0.2, 0.25) is 5.91 Å². The zero-order valence-corrected chi connectivity index (χ0v) is 18.5. The summed E-state index contributed by atoms with van der Waals surface area (Å²) < 4.78 is 1.65. The van der Waals surface area contributed by atoms with Gasteiger partial charge in [-0.1, -0.05) is 34.6 Å². The number of aromatic nitrogens is 2. The van der Waals surface area contributed by atoms with Crippen molar-refractivity contribution in [3.05, 3.63) is 21.0 Å². The van der Waals surface area contributed by atoms with Crippen LogP contribution in [0.4, 0.5) is 5.69 Å². The second-order valence-corrected chi connectivity index (χ2v) is 10.0. The van der Waals surface area contributed by atoms with E-state index in [0.29, 0.717) is 34.3 Å². The lowest BCUT2D eigenvalue weighted by Gasteiger charge is -2.62. The van der Waals surface area contributed by atoms with Gasteiger partial charge in [-0.05, 0) is 57.9 Å². The lowest BCUT2D eigenvalue weighted by Crippen LogP contribution is -2.58. The molecular weight excluding hydrogens is 408 g/mol. The fraction of sp³-hybridized carbons (Fsp3) is 0.750. The Labute approximate surface area is 169 Å². The molecule has 1 aromatic rings. The average molecular weight is 439 g/mol. The SMILES string of the molecule is CC(C)CNC(=O)Cn1ncc(N[C@@H]2C[C@@H]3C[C@H]([C@H]2C)C3(C)C)c(Br)c1=O. The van der Waals surface area contributed by atoms with Crippen LogP contribution >= 0.6 is 15.9 Å². The molecule has 0 radical (unpaired) electrons. The second kappa shape index (κ2) is 7.57. The molecular formula is C20H31BrN4O2. The van der Waals surface area contributed by atoms with Gasteiger partial charge < -0.3 is 10.6 Å². The van der Waals surface area contributed by atoms with Crippen molar-refractivity contribution >= 4 is 27.5 Å². The normalized spacial score (nSPS) is 28.6. The van der Waals surface area contributed by atoms with Gasteiger partial charge in [0.05, 0.1) is 11.9 Å². The van der Waals surface area contributed by atoms with Crippen molar-refractivity contribution < 1.29 is 4.79 Å². The van der Waals surface area contributed by atoms with Crippen LogP contribution in [-0.4, -0.2) is 28.3 Å². The molecule has 6 nitrogen and oxygen atoms in total. The minimum atomic E-state index is -0.284. The van der Waals surface area contributed by atoms with Crippen molar-refractivity contribution in [3.63, 3.8) is 0 Å². The highest BCUT2D eigenvalue weighted by Gasteiger charge is 2.56. The zero-order valence-electron chi connectivity index (χ0n) is 16.9. The standard InChI is InChI=1S/C20H31BrN4O2/c1-11(2)8-22-17(26)10-25-19(27)18(21)16(9-23-25)24-15-7-13-6-14(12(15)3)20(13,4)5/h9,11-15,24H,6-8,10H2,1-5H3,(H,22,26)/t12-,13+,14-,15-/m1/s1. The van der Waals surface area contributed by atoms with E-state index in [1.807, 2.05) is 13.8 Å². The van der Waals surface area contributed by atoms with E-state index in [4.69, 9.17) is 0 Å².